The van der Waals surface area contributed by atoms with E-state index in [0.717, 1.165) is 31.0 Å². The van der Waals surface area contributed by atoms with Crippen LogP contribution in [0.15, 0.2) is 18.2 Å². The first kappa shape index (κ1) is 16.3. The van der Waals surface area contributed by atoms with Crippen LogP contribution in [-0.4, -0.2) is 34.2 Å². The van der Waals surface area contributed by atoms with Crippen molar-refractivity contribution in [2.24, 2.45) is 0 Å². The second-order valence-corrected chi connectivity index (χ2v) is 5.07. The van der Waals surface area contributed by atoms with Crippen LogP contribution in [0.2, 0.25) is 0 Å². The maximum Gasteiger partial charge on any atom is 0.277 e. The van der Waals surface area contributed by atoms with Crippen molar-refractivity contribution >= 4 is 23.2 Å². The second-order valence-electron chi connectivity index (χ2n) is 5.07. The van der Waals surface area contributed by atoms with Crippen LogP contribution in [0.25, 0.3) is 0 Å². The molecule has 0 aliphatic carbocycles. The zero-order valence-corrected chi connectivity index (χ0v) is 12.0. The topological polar surface area (TPSA) is 144 Å². The van der Waals surface area contributed by atoms with Crippen molar-refractivity contribution in [1.82, 2.24) is 10.6 Å². The molecule has 23 heavy (non-hydrogen) atoms. The Hall–Kier alpha value is -3.04. The van der Waals surface area contributed by atoms with Crippen LogP contribution in [0.4, 0.5) is 11.4 Å². The van der Waals surface area contributed by atoms with E-state index in [1.54, 1.807) is 0 Å². The Kier molecular flexibility index (Phi) is 4.84. The molecule has 0 spiro atoms. The number of nitro benzene ring substituents is 2. The quantitative estimate of drug-likeness (QED) is 0.622. The third kappa shape index (κ3) is 3.99. The lowest BCUT2D eigenvalue weighted by Gasteiger charge is -2.15. The number of nitrogens with one attached hydrogen (secondary N) is 2. The average molecular weight is 322 g/mol. The van der Waals surface area contributed by atoms with Crippen LogP contribution >= 0.6 is 0 Å². The first-order valence-corrected chi connectivity index (χ1v) is 6.91. The van der Waals surface area contributed by atoms with Gasteiger partial charge in [-0.2, -0.15) is 0 Å². The molecule has 1 saturated heterocycles. The highest BCUT2D eigenvalue weighted by atomic mass is 16.6. The van der Waals surface area contributed by atoms with E-state index in [4.69, 9.17) is 0 Å². The van der Waals surface area contributed by atoms with Gasteiger partial charge in [0.1, 0.15) is 6.04 Å². The van der Waals surface area contributed by atoms with Gasteiger partial charge < -0.3 is 10.6 Å². The second kappa shape index (κ2) is 6.81. The van der Waals surface area contributed by atoms with Crippen LogP contribution in [-0.2, 0) is 4.79 Å². The molecule has 10 nitrogen and oxygen atoms in total. The summed E-state index contributed by atoms with van der Waals surface area (Å²) >= 11 is 0. The molecule has 0 aromatic heterocycles. The summed E-state index contributed by atoms with van der Waals surface area (Å²) in [5.41, 5.74) is -1.35. The molecule has 0 bridgehead atoms. The number of hydrogen-bond donors (Lipinski definition) is 2. The van der Waals surface area contributed by atoms with Gasteiger partial charge in [-0.1, -0.05) is 0 Å². The Morgan fingerprint density at radius 2 is 1.74 bits per heavy atom. The van der Waals surface area contributed by atoms with Crippen molar-refractivity contribution in [2.45, 2.75) is 25.3 Å². The van der Waals surface area contributed by atoms with E-state index in [9.17, 15) is 29.8 Å². The van der Waals surface area contributed by atoms with E-state index in [1.165, 1.54) is 0 Å². The number of nitrogens with zero attached hydrogens (tertiary/aromatic N) is 2. The third-order valence-corrected chi connectivity index (χ3v) is 3.43. The molecule has 10 heteroatoms. The minimum absolute atomic E-state index is 0.233. The molecule has 1 fully saturated rings. The maximum atomic E-state index is 12.2. The minimum Gasteiger partial charge on any atom is -0.354 e. The minimum atomic E-state index is -0.817. The predicted molar refractivity (Wildman–Crippen MR) is 77.9 cm³/mol. The maximum absolute atomic E-state index is 12.2. The lowest BCUT2D eigenvalue weighted by Crippen LogP contribution is -2.45. The summed E-state index contributed by atoms with van der Waals surface area (Å²) in [7, 11) is 0. The highest BCUT2D eigenvalue weighted by molar-refractivity contribution is 5.98. The van der Waals surface area contributed by atoms with Crippen molar-refractivity contribution in [3.05, 3.63) is 44.0 Å². The number of rotatable bonds is 4. The Morgan fingerprint density at radius 1 is 1.13 bits per heavy atom. The summed E-state index contributed by atoms with van der Waals surface area (Å²) in [5, 5.41) is 26.8. The molecule has 0 saturated carbocycles. The van der Waals surface area contributed by atoms with Crippen molar-refractivity contribution in [1.29, 1.82) is 0 Å². The van der Waals surface area contributed by atoms with E-state index in [-0.39, 0.29) is 11.5 Å². The van der Waals surface area contributed by atoms with Crippen LogP contribution < -0.4 is 10.6 Å². The number of amides is 2. The molecule has 1 unspecified atom stereocenters. The van der Waals surface area contributed by atoms with Gasteiger partial charge in [0.25, 0.3) is 17.3 Å². The van der Waals surface area contributed by atoms with Gasteiger partial charge in [-0.25, -0.2) is 0 Å². The summed E-state index contributed by atoms with van der Waals surface area (Å²) in [5.74, 6) is -1.10. The van der Waals surface area contributed by atoms with E-state index >= 15 is 0 Å². The number of benzene rings is 1. The summed E-state index contributed by atoms with van der Waals surface area (Å²) in [6.07, 6.45) is 1.97. The molecular formula is C13H14N4O6. The normalized spacial score (nSPS) is 17.7. The van der Waals surface area contributed by atoms with Gasteiger partial charge in [0.15, 0.2) is 0 Å². The molecular weight excluding hydrogens is 308 g/mol. The first-order valence-electron chi connectivity index (χ1n) is 6.91. The number of non-ortho nitro benzene ring substituents is 2. The zero-order chi connectivity index (χ0) is 17.0. The molecule has 1 heterocycles. The Labute approximate surface area is 130 Å². The van der Waals surface area contributed by atoms with E-state index < -0.39 is 33.2 Å². The van der Waals surface area contributed by atoms with Crippen LogP contribution in [0, 0.1) is 20.2 Å². The largest absolute Gasteiger partial charge is 0.354 e. The van der Waals surface area contributed by atoms with Crippen molar-refractivity contribution < 1.29 is 19.4 Å². The molecule has 2 rings (SSSR count). The molecule has 1 aromatic carbocycles. The fraction of sp³-hybridized carbons (Fsp3) is 0.385. The summed E-state index contributed by atoms with van der Waals surface area (Å²) in [6.45, 7) is 0.521. The van der Waals surface area contributed by atoms with Crippen LogP contribution in [0.3, 0.4) is 0 Å². The Morgan fingerprint density at radius 3 is 2.30 bits per heavy atom. The molecule has 2 amide bonds. The van der Waals surface area contributed by atoms with Gasteiger partial charge in [0.05, 0.1) is 21.5 Å². The fourth-order valence-electron chi connectivity index (χ4n) is 2.26. The van der Waals surface area contributed by atoms with Crippen molar-refractivity contribution in [3.8, 4) is 0 Å². The van der Waals surface area contributed by atoms with Crippen molar-refractivity contribution in [2.75, 3.05) is 6.54 Å². The Bertz CT molecular complexity index is 642. The molecule has 2 N–H and O–H groups in total. The van der Waals surface area contributed by atoms with Gasteiger partial charge in [-0.3, -0.25) is 29.8 Å². The first-order chi connectivity index (χ1) is 10.9. The summed E-state index contributed by atoms with van der Waals surface area (Å²) in [4.78, 5) is 44.0. The summed E-state index contributed by atoms with van der Waals surface area (Å²) in [6, 6.07) is 1.89. The lowest BCUT2D eigenvalue weighted by atomic mass is 10.1. The standard InChI is InChI=1S/C13H14N4O6/c18-12(15-11-3-1-2-4-14-13(11)19)8-5-9(16(20)21)7-10(6-8)17(22)23/h5-7,11H,1-4H2,(H,14,19)(H,15,18). The third-order valence-electron chi connectivity index (χ3n) is 3.43. The smallest absolute Gasteiger partial charge is 0.277 e. The highest BCUT2D eigenvalue weighted by Gasteiger charge is 2.25. The van der Waals surface area contributed by atoms with Gasteiger partial charge in [0.2, 0.25) is 5.91 Å². The van der Waals surface area contributed by atoms with E-state index in [0.29, 0.717) is 13.0 Å². The van der Waals surface area contributed by atoms with Gasteiger partial charge in [-0.15, -0.1) is 0 Å². The predicted octanol–water partition coefficient (Wildman–Crippen LogP) is 0.901. The zero-order valence-electron chi connectivity index (χ0n) is 12.0. The molecule has 122 valence electrons. The lowest BCUT2D eigenvalue weighted by molar-refractivity contribution is -0.394. The van der Waals surface area contributed by atoms with Gasteiger partial charge in [-0.05, 0) is 19.3 Å². The van der Waals surface area contributed by atoms with Gasteiger partial charge in [0, 0.05) is 18.7 Å². The van der Waals surface area contributed by atoms with Crippen molar-refractivity contribution in [3.63, 3.8) is 0 Å². The monoisotopic (exact) mass is 322 g/mol. The highest BCUT2D eigenvalue weighted by Crippen LogP contribution is 2.22. The number of carbonyl (C=O) groups is 2. The molecule has 1 aromatic rings. The van der Waals surface area contributed by atoms with E-state index in [1.807, 2.05) is 0 Å². The average Bonchev–Trinajstić information content (AvgIpc) is 2.71. The number of hydrogen-bond acceptors (Lipinski definition) is 6. The molecule has 0 radical (unpaired) electrons. The van der Waals surface area contributed by atoms with E-state index in [2.05, 4.69) is 10.6 Å². The molecule has 1 aliphatic rings. The van der Waals surface area contributed by atoms with Crippen LogP contribution in [0.5, 0.6) is 0 Å². The molecule has 1 atom stereocenters. The summed E-state index contributed by atoms with van der Waals surface area (Å²) < 4.78 is 0. The Balaban J connectivity index is 2.25. The molecule has 1 aliphatic heterocycles. The fourth-order valence-corrected chi connectivity index (χ4v) is 2.26. The van der Waals surface area contributed by atoms with Gasteiger partial charge >= 0.3 is 0 Å². The number of carbonyl (C=O) groups excluding carboxylic acids is 2. The number of nitro groups is 2. The SMILES string of the molecule is O=C(NC1CCCCNC1=O)c1cc([N+](=O)[O-])cc([N+](=O)[O-])c1. The van der Waals surface area contributed by atoms with Crippen LogP contribution in [0.1, 0.15) is 29.6 Å².